The molecule has 0 saturated carbocycles. The van der Waals surface area contributed by atoms with Gasteiger partial charge in [-0.3, -0.25) is 4.79 Å². The third-order valence-electron chi connectivity index (χ3n) is 5.58. The van der Waals surface area contributed by atoms with E-state index in [4.69, 9.17) is 9.47 Å². The number of carbonyl (C=O) groups is 1. The van der Waals surface area contributed by atoms with Gasteiger partial charge in [-0.15, -0.1) is 24.0 Å². The highest BCUT2D eigenvalue weighted by molar-refractivity contribution is 14.0. The van der Waals surface area contributed by atoms with Crippen LogP contribution >= 0.6 is 24.0 Å². The average molecular weight is 566 g/mol. The number of nitrogens with zero attached hydrogens (tertiary/aromatic N) is 2. The molecule has 8 heteroatoms. The summed E-state index contributed by atoms with van der Waals surface area (Å²) in [6.45, 7) is 5.59. The fraction of sp³-hybridized carbons (Fsp3) is 0.440. The molecular weight excluding hydrogens is 531 g/mol. The second kappa shape index (κ2) is 13.9. The van der Waals surface area contributed by atoms with Gasteiger partial charge >= 0.3 is 0 Å². The van der Waals surface area contributed by atoms with Gasteiger partial charge in [0, 0.05) is 38.5 Å². The van der Waals surface area contributed by atoms with Crippen molar-refractivity contribution in [3.8, 4) is 11.5 Å². The van der Waals surface area contributed by atoms with E-state index in [0.29, 0.717) is 31.0 Å². The summed E-state index contributed by atoms with van der Waals surface area (Å²) < 4.78 is 10.7. The average Bonchev–Trinajstić information content (AvgIpc) is 3.19. The van der Waals surface area contributed by atoms with Crippen LogP contribution in [0.1, 0.15) is 24.5 Å². The molecule has 3 rings (SSSR count). The molecule has 0 aromatic heterocycles. The molecule has 1 saturated heterocycles. The van der Waals surface area contributed by atoms with E-state index in [1.54, 1.807) is 14.2 Å². The molecule has 0 radical (unpaired) electrons. The molecule has 180 valence electrons. The van der Waals surface area contributed by atoms with Crippen molar-refractivity contribution >= 4 is 35.8 Å². The summed E-state index contributed by atoms with van der Waals surface area (Å²) >= 11 is 0. The minimum atomic E-state index is 0. The molecule has 2 aromatic carbocycles. The highest BCUT2D eigenvalue weighted by Gasteiger charge is 2.29. The second-order valence-corrected chi connectivity index (χ2v) is 7.91. The van der Waals surface area contributed by atoms with Gasteiger partial charge in [-0.1, -0.05) is 36.4 Å². The van der Waals surface area contributed by atoms with Crippen LogP contribution in [-0.2, 0) is 17.8 Å². The number of halogens is 1. The van der Waals surface area contributed by atoms with Crippen LogP contribution in [0.3, 0.4) is 0 Å². The first-order chi connectivity index (χ1) is 15.6. The predicted octanol–water partition coefficient (Wildman–Crippen LogP) is 3.47. The summed E-state index contributed by atoms with van der Waals surface area (Å²) in [4.78, 5) is 19.1. The van der Waals surface area contributed by atoms with Crippen LogP contribution in [0.2, 0.25) is 0 Å². The highest BCUT2D eigenvalue weighted by Crippen LogP contribution is 2.27. The zero-order valence-corrected chi connectivity index (χ0v) is 22.0. The Morgan fingerprint density at radius 1 is 1.06 bits per heavy atom. The van der Waals surface area contributed by atoms with Crippen LogP contribution in [0.4, 0.5) is 0 Å². The third-order valence-corrected chi connectivity index (χ3v) is 5.58. The van der Waals surface area contributed by atoms with Crippen molar-refractivity contribution in [2.45, 2.75) is 26.3 Å². The highest BCUT2D eigenvalue weighted by atomic mass is 127. The predicted molar refractivity (Wildman–Crippen MR) is 143 cm³/mol. The molecule has 1 atom stereocenters. The zero-order chi connectivity index (χ0) is 22.8. The zero-order valence-electron chi connectivity index (χ0n) is 19.7. The number of methoxy groups -OCH3 is 2. The Hall–Kier alpha value is -2.49. The third kappa shape index (κ3) is 8.10. The topological polar surface area (TPSA) is 75.2 Å². The number of carbonyl (C=O) groups excluding carboxylic acids is 1. The number of ether oxygens (including phenoxy) is 2. The van der Waals surface area contributed by atoms with Gasteiger partial charge in [-0.25, -0.2) is 4.99 Å². The van der Waals surface area contributed by atoms with Crippen LogP contribution in [0.5, 0.6) is 11.5 Å². The van der Waals surface area contributed by atoms with Gasteiger partial charge in [-0.2, -0.15) is 0 Å². The number of amides is 1. The van der Waals surface area contributed by atoms with E-state index in [-0.39, 0.29) is 35.8 Å². The molecule has 1 heterocycles. The number of aliphatic imine (C=N–C) groups is 1. The lowest BCUT2D eigenvalue weighted by Crippen LogP contribution is -2.40. The van der Waals surface area contributed by atoms with Crippen molar-refractivity contribution < 1.29 is 14.3 Å². The van der Waals surface area contributed by atoms with Crippen LogP contribution < -0.4 is 20.1 Å². The summed E-state index contributed by atoms with van der Waals surface area (Å²) in [6, 6.07) is 16.1. The summed E-state index contributed by atoms with van der Waals surface area (Å²) in [5.41, 5.74) is 2.29. The smallest absolute Gasteiger partial charge is 0.223 e. The van der Waals surface area contributed by atoms with Gasteiger partial charge in [0.2, 0.25) is 5.91 Å². The lowest BCUT2D eigenvalue weighted by molar-refractivity contribution is -0.127. The number of hydrogen-bond donors (Lipinski definition) is 2. The van der Waals surface area contributed by atoms with Gasteiger partial charge in [0.05, 0.1) is 20.8 Å². The summed E-state index contributed by atoms with van der Waals surface area (Å²) in [7, 11) is 3.25. The van der Waals surface area contributed by atoms with E-state index in [1.807, 2.05) is 48.2 Å². The Kier molecular flexibility index (Phi) is 11.3. The van der Waals surface area contributed by atoms with E-state index in [0.717, 1.165) is 37.6 Å². The van der Waals surface area contributed by atoms with Crippen molar-refractivity contribution in [2.75, 3.05) is 40.4 Å². The van der Waals surface area contributed by atoms with Gasteiger partial charge in [-0.05, 0) is 36.6 Å². The molecule has 33 heavy (non-hydrogen) atoms. The fourth-order valence-corrected chi connectivity index (χ4v) is 3.85. The van der Waals surface area contributed by atoms with Gasteiger partial charge in [0.1, 0.15) is 0 Å². The molecule has 0 bridgehead atoms. The van der Waals surface area contributed by atoms with Crippen molar-refractivity contribution in [1.82, 2.24) is 15.5 Å². The number of hydrogen-bond acceptors (Lipinski definition) is 4. The first-order valence-corrected chi connectivity index (χ1v) is 11.2. The quantitative estimate of drug-likeness (QED) is 0.262. The maximum absolute atomic E-state index is 12.4. The van der Waals surface area contributed by atoms with Gasteiger partial charge in [0.25, 0.3) is 0 Å². The summed E-state index contributed by atoms with van der Waals surface area (Å²) in [5.74, 6) is 2.66. The van der Waals surface area contributed by atoms with E-state index < -0.39 is 0 Å². The monoisotopic (exact) mass is 566 g/mol. The van der Waals surface area contributed by atoms with Crippen LogP contribution in [0.25, 0.3) is 0 Å². The van der Waals surface area contributed by atoms with E-state index in [2.05, 4.69) is 27.8 Å². The molecular formula is C25H35IN4O3. The Balaban J connectivity index is 0.00000385. The molecule has 0 spiro atoms. The SMILES string of the molecule is CCNC(=NCc1ccc(OC)c(OC)c1)NCC1CC(=O)N(CCc2ccccc2)C1.I. The summed E-state index contributed by atoms with van der Waals surface area (Å²) in [5, 5.41) is 6.68. The summed E-state index contributed by atoms with van der Waals surface area (Å²) in [6.07, 6.45) is 1.47. The molecule has 0 aliphatic carbocycles. The van der Waals surface area contributed by atoms with E-state index in [1.165, 1.54) is 5.56 Å². The first kappa shape index (κ1) is 26.8. The van der Waals surface area contributed by atoms with E-state index >= 15 is 0 Å². The molecule has 2 N–H and O–H groups in total. The molecule has 2 aromatic rings. The minimum absolute atomic E-state index is 0. The first-order valence-electron chi connectivity index (χ1n) is 11.2. The van der Waals surface area contributed by atoms with Crippen molar-refractivity contribution in [2.24, 2.45) is 10.9 Å². The Bertz CT molecular complexity index is 908. The standard InChI is InChI=1S/C25H34N4O3.HI/c1-4-26-25(27-16-20-10-11-22(31-2)23(14-20)32-3)28-17-21-15-24(30)29(18-21)13-12-19-8-6-5-7-9-19;/h5-11,14,21H,4,12-13,15-18H2,1-3H3,(H2,26,27,28);1H. The van der Waals surface area contributed by atoms with Crippen LogP contribution in [0, 0.1) is 5.92 Å². The van der Waals surface area contributed by atoms with Crippen LogP contribution in [-0.4, -0.2) is 57.2 Å². The Morgan fingerprint density at radius 3 is 2.52 bits per heavy atom. The maximum atomic E-state index is 12.4. The van der Waals surface area contributed by atoms with Crippen molar-refractivity contribution in [3.05, 3.63) is 59.7 Å². The fourth-order valence-electron chi connectivity index (χ4n) is 3.85. The molecule has 1 unspecified atom stereocenters. The number of likely N-dealkylation sites (tertiary alicyclic amines) is 1. The molecule has 1 aliphatic rings. The van der Waals surface area contributed by atoms with Crippen molar-refractivity contribution in [3.63, 3.8) is 0 Å². The number of nitrogens with one attached hydrogen (secondary N) is 2. The minimum Gasteiger partial charge on any atom is -0.493 e. The molecule has 1 amide bonds. The lowest BCUT2D eigenvalue weighted by atomic mass is 10.1. The molecule has 7 nitrogen and oxygen atoms in total. The van der Waals surface area contributed by atoms with Crippen LogP contribution in [0.15, 0.2) is 53.5 Å². The largest absolute Gasteiger partial charge is 0.493 e. The maximum Gasteiger partial charge on any atom is 0.223 e. The van der Waals surface area contributed by atoms with Gasteiger partial charge in [0.15, 0.2) is 17.5 Å². The lowest BCUT2D eigenvalue weighted by Gasteiger charge is -2.18. The normalized spacial score (nSPS) is 15.7. The molecule has 1 fully saturated rings. The number of benzene rings is 2. The van der Waals surface area contributed by atoms with E-state index in [9.17, 15) is 4.79 Å². The number of rotatable bonds is 10. The van der Waals surface area contributed by atoms with Crippen molar-refractivity contribution in [1.29, 1.82) is 0 Å². The number of guanidine groups is 1. The Morgan fingerprint density at radius 2 is 1.82 bits per heavy atom. The molecule has 1 aliphatic heterocycles. The van der Waals surface area contributed by atoms with Gasteiger partial charge < -0.3 is 25.0 Å². The Labute approximate surface area is 214 Å². The second-order valence-electron chi connectivity index (χ2n) is 7.91.